The molecule has 1 aromatic carbocycles. The summed E-state index contributed by atoms with van der Waals surface area (Å²) in [6, 6.07) is 6.03. The molecule has 0 aromatic heterocycles. The third-order valence-electron chi connectivity index (χ3n) is 4.57. The maximum Gasteiger partial charge on any atom is 0.179 e. The average Bonchev–Trinajstić information content (AvgIpc) is 3.01. The Hall–Kier alpha value is -2.36. The molecule has 1 aromatic rings. The number of hydrogen-bond donors (Lipinski definition) is 0. The number of aryl methyl sites for hydroxylation is 2. The van der Waals surface area contributed by atoms with E-state index in [-0.39, 0.29) is 24.4 Å². The Kier molecular flexibility index (Phi) is 5.47. The SMILES string of the molecule is O=C(CCC(=O)c1ccc2c(c1)CCCCC2)C1=NC=CC=NC1. The van der Waals surface area contributed by atoms with Crippen LogP contribution < -0.4 is 0 Å². The van der Waals surface area contributed by atoms with Gasteiger partial charge in [-0.3, -0.25) is 19.6 Å². The van der Waals surface area contributed by atoms with Gasteiger partial charge in [-0.2, -0.15) is 0 Å². The second kappa shape index (κ2) is 7.95. The number of ketones is 2. The molecule has 1 aliphatic heterocycles. The highest BCUT2D eigenvalue weighted by Gasteiger charge is 2.16. The smallest absolute Gasteiger partial charge is 0.179 e. The fourth-order valence-corrected chi connectivity index (χ4v) is 3.17. The lowest BCUT2D eigenvalue weighted by Crippen LogP contribution is -2.18. The van der Waals surface area contributed by atoms with E-state index in [4.69, 9.17) is 0 Å². The summed E-state index contributed by atoms with van der Waals surface area (Å²) in [7, 11) is 0. The van der Waals surface area contributed by atoms with Crippen molar-refractivity contribution in [1.82, 2.24) is 0 Å². The maximum atomic E-state index is 12.4. The van der Waals surface area contributed by atoms with Gasteiger partial charge in [0, 0.05) is 30.8 Å². The Balaban J connectivity index is 1.62. The zero-order valence-electron chi connectivity index (χ0n) is 13.8. The van der Waals surface area contributed by atoms with Crippen LogP contribution in [0.25, 0.3) is 0 Å². The first-order valence-corrected chi connectivity index (χ1v) is 8.64. The number of hydrogen-bond acceptors (Lipinski definition) is 4. The molecule has 0 atom stereocenters. The molecule has 0 fully saturated rings. The van der Waals surface area contributed by atoms with Gasteiger partial charge in [0.05, 0.1) is 6.54 Å². The molecule has 0 radical (unpaired) electrons. The van der Waals surface area contributed by atoms with Crippen molar-refractivity contribution in [2.45, 2.75) is 44.9 Å². The number of Topliss-reactive ketones (excluding diaryl/α,β-unsaturated/α-hetero) is 2. The monoisotopic (exact) mass is 322 g/mol. The number of carbonyl (C=O) groups excluding carboxylic acids is 2. The average molecular weight is 322 g/mol. The maximum absolute atomic E-state index is 12.4. The van der Waals surface area contributed by atoms with Crippen LogP contribution in [0.3, 0.4) is 0 Å². The van der Waals surface area contributed by atoms with Crippen molar-refractivity contribution in [3.63, 3.8) is 0 Å². The van der Waals surface area contributed by atoms with Crippen molar-refractivity contribution in [2.24, 2.45) is 9.98 Å². The molecule has 124 valence electrons. The Morgan fingerprint density at radius 1 is 0.958 bits per heavy atom. The van der Waals surface area contributed by atoms with E-state index in [1.165, 1.54) is 30.4 Å². The number of allylic oxidation sites excluding steroid dienone is 1. The molecule has 4 heteroatoms. The van der Waals surface area contributed by atoms with Crippen molar-refractivity contribution < 1.29 is 9.59 Å². The Morgan fingerprint density at radius 3 is 2.62 bits per heavy atom. The van der Waals surface area contributed by atoms with Gasteiger partial charge in [0.2, 0.25) is 0 Å². The molecule has 0 spiro atoms. The summed E-state index contributed by atoms with van der Waals surface area (Å²) in [6.07, 6.45) is 11.1. The molecule has 2 aliphatic rings. The number of aliphatic imine (C=N–C) groups is 2. The Morgan fingerprint density at radius 2 is 1.75 bits per heavy atom. The van der Waals surface area contributed by atoms with Gasteiger partial charge in [-0.1, -0.05) is 18.6 Å². The van der Waals surface area contributed by atoms with Crippen molar-refractivity contribution in [3.05, 3.63) is 47.2 Å². The highest BCUT2D eigenvalue weighted by Crippen LogP contribution is 2.22. The van der Waals surface area contributed by atoms with E-state index in [9.17, 15) is 9.59 Å². The Labute approximate surface area is 142 Å². The summed E-state index contributed by atoms with van der Waals surface area (Å²) in [5.41, 5.74) is 3.83. The molecule has 1 heterocycles. The largest absolute Gasteiger partial charge is 0.294 e. The van der Waals surface area contributed by atoms with Crippen LogP contribution in [0, 0.1) is 0 Å². The van der Waals surface area contributed by atoms with Crippen molar-refractivity contribution in [2.75, 3.05) is 6.54 Å². The minimum absolute atomic E-state index is 0.0312. The normalized spacial score (nSPS) is 16.8. The standard InChI is InChI=1S/C20H22N2O2/c23-19(9-10-20(24)18-14-21-11-4-12-22-18)17-8-7-15-5-2-1-3-6-16(15)13-17/h4,7-8,11-13H,1-3,5-6,9-10,14H2. The molecular formula is C20H22N2O2. The fourth-order valence-electron chi connectivity index (χ4n) is 3.17. The predicted molar refractivity (Wildman–Crippen MR) is 96.2 cm³/mol. The van der Waals surface area contributed by atoms with Crippen molar-refractivity contribution in [3.8, 4) is 0 Å². The minimum atomic E-state index is -0.0955. The van der Waals surface area contributed by atoms with Gasteiger partial charge in [0.25, 0.3) is 0 Å². The minimum Gasteiger partial charge on any atom is -0.294 e. The third-order valence-corrected chi connectivity index (χ3v) is 4.57. The van der Waals surface area contributed by atoms with Crippen LogP contribution in [0.15, 0.2) is 40.5 Å². The molecule has 0 N–H and O–H groups in total. The molecule has 0 amide bonds. The third kappa shape index (κ3) is 4.13. The van der Waals surface area contributed by atoms with E-state index in [1.54, 1.807) is 18.5 Å². The zero-order chi connectivity index (χ0) is 16.8. The summed E-state index contributed by atoms with van der Waals surface area (Å²) in [5, 5.41) is 0. The van der Waals surface area contributed by atoms with Crippen LogP contribution in [0.4, 0.5) is 0 Å². The van der Waals surface area contributed by atoms with Crippen LogP contribution in [-0.2, 0) is 17.6 Å². The highest BCUT2D eigenvalue weighted by atomic mass is 16.1. The van der Waals surface area contributed by atoms with Crippen molar-refractivity contribution in [1.29, 1.82) is 0 Å². The summed E-state index contributed by atoms with van der Waals surface area (Å²) >= 11 is 0. The zero-order valence-corrected chi connectivity index (χ0v) is 13.8. The Bertz CT molecular complexity index is 729. The van der Waals surface area contributed by atoms with E-state index >= 15 is 0 Å². The molecule has 0 bridgehead atoms. The molecule has 0 saturated heterocycles. The van der Waals surface area contributed by atoms with Gasteiger partial charge in [0.1, 0.15) is 5.71 Å². The van der Waals surface area contributed by atoms with Crippen LogP contribution in [-0.4, -0.2) is 30.0 Å². The van der Waals surface area contributed by atoms with Gasteiger partial charge in [-0.15, -0.1) is 0 Å². The molecule has 1 aliphatic carbocycles. The molecular weight excluding hydrogens is 300 g/mol. The molecule has 4 nitrogen and oxygen atoms in total. The topological polar surface area (TPSA) is 58.9 Å². The predicted octanol–water partition coefficient (Wildman–Crippen LogP) is 3.53. The summed E-state index contributed by atoms with van der Waals surface area (Å²) in [4.78, 5) is 32.8. The number of fused-ring (bicyclic) bond motifs is 1. The first-order chi connectivity index (χ1) is 11.7. The first-order valence-electron chi connectivity index (χ1n) is 8.64. The molecule has 0 unspecified atom stereocenters. The van der Waals surface area contributed by atoms with Crippen LogP contribution >= 0.6 is 0 Å². The van der Waals surface area contributed by atoms with Crippen LogP contribution in [0.2, 0.25) is 0 Å². The molecule has 0 saturated carbocycles. The van der Waals surface area contributed by atoms with Gasteiger partial charge < -0.3 is 0 Å². The fraction of sp³-hybridized carbons (Fsp3) is 0.400. The first kappa shape index (κ1) is 16.5. The van der Waals surface area contributed by atoms with Gasteiger partial charge in [-0.05, 0) is 49.0 Å². The summed E-state index contributed by atoms with van der Waals surface area (Å²) < 4.78 is 0. The van der Waals surface area contributed by atoms with E-state index < -0.39 is 0 Å². The van der Waals surface area contributed by atoms with Gasteiger partial charge >= 0.3 is 0 Å². The van der Waals surface area contributed by atoms with E-state index in [2.05, 4.69) is 16.1 Å². The van der Waals surface area contributed by atoms with E-state index in [0.29, 0.717) is 12.3 Å². The number of rotatable bonds is 5. The van der Waals surface area contributed by atoms with Crippen LogP contribution in [0.1, 0.15) is 53.6 Å². The number of benzene rings is 1. The lowest BCUT2D eigenvalue weighted by molar-refractivity contribution is -0.113. The van der Waals surface area contributed by atoms with Crippen LogP contribution in [0.5, 0.6) is 0 Å². The highest BCUT2D eigenvalue weighted by molar-refractivity contribution is 6.41. The quantitative estimate of drug-likeness (QED) is 0.615. The lowest BCUT2D eigenvalue weighted by Gasteiger charge is -2.08. The second-order valence-corrected chi connectivity index (χ2v) is 6.30. The second-order valence-electron chi connectivity index (χ2n) is 6.30. The number of nitrogens with zero attached hydrogens (tertiary/aromatic N) is 2. The van der Waals surface area contributed by atoms with E-state index in [0.717, 1.165) is 18.4 Å². The van der Waals surface area contributed by atoms with E-state index in [1.807, 2.05) is 12.1 Å². The lowest BCUT2D eigenvalue weighted by atomic mass is 9.96. The van der Waals surface area contributed by atoms with Gasteiger partial charge in [0.15, 0.2) is 11.6 Å². The molecule has 24 heavy (non-hydrogen) atoms. The summed E-state index contributed by atoms with van der Waals surface area (Å²) in [5.74, 6) is -0.0644. The van der Waals surface area contributed by atoms with Gasteiger partial charge in [-0.25, -0.2) is 0 Å². The van der Waals surface area contributed by atoms with Crippen molar-refractivity contribution >= 4 is 23.5 Å². The number of carbonyl (C=O) groups is 2. The molecule has 3 rings (SSSR count). The summed E-state index contributed by atoms with van der Waals surface area (Å²) in [6.45, 7) is 0.291.